The summed E-state index contributed by atoms with van der Waals surface area (Å²) >= 11 is 0. The molecule has 38 heavy (non-hydrogen) atoms. The third-order valence-electron chi connectivity index (χ3n) is 7.27. The second-order valence-electron chi connectivity index (χ2n) is 10.7. The molecule has 0 radical (unpaired) electrons. The van der Waals surface area contributed by atoms with Gasteiger partial charge in [-0.3, -0.25) is 9.59 Å². The molecular formula is C31H41NO6. The van der Waals surface area contributed by atoms with Crippen molar-refractivity contribution < 1.29 is 28.9 Å². The number of ketones is 2. The Labute approximate surface area is 226 Å². The second-order valence-corrected chi connectivity index (χ2v) is 10.7. The van der Waals surface area contributed by atoms with Gasteiger partial charge in [0.1, 0.15) is 11.5 Å². The van der Waals surface area contributed by atoms with Gasteiger partial charge in [0.15, 0.2) is 17.3 Å². The molecule has 0 unspecified atom stereocenters. The van der Waals surface area contributed by atoms with Crippen LogP contribution < -0.4 is 14.2 Å². The van der Waals surface area contributed by atoms with Crippen LogP contribution >= 0.6 is 0 Å². The van der Waals surface area contributed by atoms with Gasteiger partial charge in [0, 0.05) is 37.3 Å². The van der Waals surface area contributed by atoms with Gasteiger partial charge in [-0.25, -0.2) is 0 Å². The highest BCUT2D eigenvalue weighted by Crippen LogP contribution is 2.37. The number of nitrogens with zero attached hydrogens (tertiary/aromatic N) is 1. The normalized spacial score (nSPS) is 16.5. The molecular weight excluding hydrogens is 482 g/mol. The largest absolute Gasteiger partial charge is 0.491 e. The summed E-state index contributed by atoms with van der Waals surface area (Å²) in [6, 6.07) is 12.8. The van der Waals surface area contributed by atoms with Crippen LogP contribution in [0.15, 0.2) is 42.5 Å². The van der Waals surface area contributed by atoms with E-state index in [1.807, 2.05) is 56.3 Å². The van der Waals surface area contributed by atoms with Crippen molar-refractivity contribution in [3.63, 3.8) is 0 Å². The molecule has 0 amide bonds. The first kappa shape index (κ1) is 28.1. The Morgan fingerprint density at radius 3 is 2.39 bits per heavy atom. The molecule has 0 saturated carbocycles. The average molecular weight is 524 g/mol. The van der Waals surface area contributed by atoms with Crippen LogP contribution in [0.1, 0.15) is 87.2 Å². The molecule has 0 bridgehead atoms. The van der Waals surface area contributed by atoms with Crippen molar-refractivity contribution in [1.29, 1.82) is 0 Å². The molecule has 7 nitrogen and oxygen atoms in total. The number of rotatable bonds is 15. The molecule has 2 atom stereocenters. The SMILES string of the molecule is CC(C)Oc1ccc(C(=O)CCCCCC(=O)C[C@H](CN2CCCC2)[C@H](O)c2ccc3c(c2)OCO3)cc1. The van der Waals surface area contributed by atoms with Crippen LogP contribution in [-0.4, -0.2) is 54.1 Å². The molecule has 206 valence electrons. The molecule has 0 aromatic heterocycles. The van der Waals surface area contributed by atoms with Crippen LogP contribution in [0.3, 0.4) is 0 Å². The fourth-order valence-corrected chi connectivity index (χ4v) is 5.26. The van der Waals surface area contributed by atoms with Gasteiger partial charge in [-0.15, -0.1) is 0 Å². The molecule has 2 aromatic rings. The molecule has 2 heterocycles. The minimum Gasteiger partial charge on any atom is -0.491 e. The fraction of sp³-hybridized carbons (Fsp3) is 0.548. The van der Waals surface area contributed by atoms with Crippen molar-refractivity contribution in [2.24, 2.45) is 5.92 Å². The summed E-state index contributed by atoms with van der Waals surface area (Å²) < 4.78 is 16.5. The van der Waals surface area contributed by atoms with Crippen molar-refractivity contribution in [2.45, 2.75) is 77.4 Å². The van der Waals surface area contributed by atoms with Gasteiger partial charge in [-0.1, -0.05) is 12.5 Å². The summed E-state index contributed by atoms with van der Waals surface area (Å²) in [5.41, 5.74) is 1.45. The minimum absolute atomic E-state index is 0.0988. The topological polar surface area (TPSA) is 85.3 Å². The summed E-state index contributed by atoms with van der Waals surface area (Å²) in [6.07, 6.45) is 5.30. The van der Waals surface area contributed by atoms with Crippen molar-refractivity contribution >= 4 is 11.6 Å². The van der Waals surface area contributed by atoms with E-state index < -0.39 is 6.10 Å². The highest BCUT2D eigenvalue weighted by molar-refractivity contribution is 5.96. The first-order valence-corrected chi connectivity index (χ1v) is 14.0. The predicted molar refractivity (Wildman–Crippen MR) is 146 cm³/mol. The maximum Gasteiger partial charge on any atom is 0.231 e. The quantitative estimate of drug-likeness (QED) is 0.235. The number of Topliss-reactive ketones (excluding diaryl/α,β-unsaturated/α-hetero) is 2. The van der Waals surface area contributed by atoms with Crippen LogP contribution in [0.4, 0.5) is 0 Å². The Balaban J connectivity index is 1.22. The maximum atomic E-state index is 12.9. The van der Waals surface area contributed by atoms with E-state index in [1.54, 1.807) is 0 Å². The number of carbonyl (C=O) groups excluding carboxylic acids is 2. The zero-order valence-electron chi connectivity index (χ0n) is 22.7. The Kier molecular flexibility index (Phi) is 10.2. The van der Waals surface area contributed by atoms with Crippen LogP contribution in [-0.2, 0) is 4.79 Å². The lowest BCUT2D eigenvalue weighted by atomic mass is 9.89. The molecule has 4 rings (SSSR count). The lowest BCUT2D eigenvalue weighted by Crippen LogP contribution is -2.31. The van der Waals surface area contributed by atoms with E-state index in [4.69, 9.17) is 14.2 Å². The number of aliphatic hydroxyl groups is 1. The molecule has 0 spiro atoms. The number of benzene rings is 2. The predicted octanol–water partition coefficient (Wildman–Crippen LogP) is 5.74. The second kappa shape index (κ2) is 13.8. The van der Waals surface area contributed by atoms with Gasteiger partial charge < -0.3 is 24.2 Å². The van der Waals surface area contributed by atoms with Gasteiger partial charge in [-0.2, -0.15) is 0 Å². The van der Waals surface area contributed by atoms with Crippen molar-refractivity contribution in [3.8, 4) is 17.2 Å². The van der Waals surface area contributed by atoms with Gasteiger partial charge in [-0.05, 0) is 94.6 Å². The van der Waals surface area contributed by atoms with Gasteiger partial charge >= 0.3 is 0 Å². The molecule has 0 aliphatic carbocycles. The third kappa shape index (κ3) is 8.05. The molecule has 1 fully saturated rings. The van der Waals surface area contributed by atoms with E-state index in [9.17, 15) is 14.7 Å². The molecule has 1 N–H and O–H groups in total. The molecule has 1 saturated heterocycles. The Hall–Kier alpha value is -2.90. The van der Waals surface area contributed by atoms with E-state index >= 15 is 0 Å². The first-order valence-electron chi connectivity index (χ1n) is 14.0. The number of likely N-dealkylation sites (tertiary alicyclic amines) is 1. The molecule has 2 aromatic carbocycles. The first-order chi connectivity index (χ1) is 18.4. The number of hydrogen-bond acceptors (Lipinski definition) is 7. The summed E-state index contributed by atoms with van der Waals surface area (Å²) in [5.74, 6) is 2.20. The number of ether oxygens (including phenoxy) is 3. The number of carbonyl (C=O) groups is 2. The van der Waals surface area contributed by atoms with E-state index in [0.717, 1.165) is 56.5 Å². The Morgan fingerprint density at radius 2 is 1.66 bits per heavy atom. The lowest BCUT2D eigenvalue weighted by molar-refractivity contribution is -0.121. The smallest absolute Gasteiger partial charge is 0.231 e. The standard InChI is InChI=1S/C31H41NO6/c1-22(2)38-27-13-10-23(11-14-27)28(34)9-5-3-4-8-26(33)18-25(20-32-16-6-7-17-32)31(35)24-12-15-29-30(19-24)37-21-36-29/h10-15,19,22,25,31,35H,3-9,16-18,20-21H2,1-2H3/t25-,31-/m1/s1. The molecule has 2 aliphatic heterocycles. The monoisotopic (exact) mass is 523 g/mol. The maximum absolute atomic E-state index is 12.9. The lowest BCUT2D eigenvalue weighted by Gasteiger charge is -2.27. The van der Waals surface area contributed by atoms with E-state index in [-0.39, 0.29) is 30.4 Å². The average Bonchev–Trinajstić information content (AvgIpc) is 3.59. The Morgan fingerprint density at radius 1 is 0.947 bits per heavy atom. The van der Waals surface area contributed by atoms with Crippen LogP contribution in [0.25, 0.3) is 0 Å². The van der Waals surface area contributed by atoms with Crippen molar-refractivity contribution in [2.75, 3.05) is 26.4 Å². The number of hydrogen-bond donors (Lipinski definition) is 1. The summed E-state index contributed by atoms with van der Waals surface area (Å²) in [7, 11) is 0. The van der Waals surface area contributed by atoms with Crippen LogP contribution in [0.5, 0.6) is 17.2 Å². The Bertz CT molecular complexity index is 1060. The van der Waals surface area contributed by atoms with E-state index in [1.165, 1.54) is 0 Å². The number of aliphatic hydroxyl groups excluding tert-OH is 1. The number of fused-ring (bicyclic) bond motifs is 1. The summed E-state index contributed by atoms with van der Waals surface area (Å²) in [4.78, 5) is 27.8. The van der Waals surface area contributed by atoms with E-state index in [0.29, 0.717) is 42.9 Å². The molecule has 2 aliphatic rings. The highest BCUT2D eigenvalue weighted by atomic mass is 16.7. The third-order valence-corrected chi connectivity index (χ3v) is 7.27. The van der Waals surface area contributed by atoms with Gasteiger partial charge in [0.2, 0.25) is 6.79 Å². The van der Waals surface area contributed by atoms with Crippen LogP contribution in [0.2, 0.25) is 0 Å². The highest BCUT2D eigenvalue weighted by Gasteiger charge is 2.28. The van der Waals surface area contributed by atoms with E-state index in [2.05, 4.69) is 4.90 Å². The number of unbranched alkanes of at least 4 members (excludes halogenated alkanes) is 2. The zero-order valence-corrected chi connectivity index (χ0v) is 22.7. The summed E-state index contributed by atoms with van der Waals surface area (Å²) in [5, 5.41) is 11.2. The van der Waals surface area contributed by atoms with Crippen molar-refractivity contribution in [1.82, 2.24) is 4.90 Å². The van der Waals surface area contributed by atoms with Gasteiger partial charge in [0.05, 0.1) is 12.2 Å². The van der Waals surface area contributed by atoms with Crippen LogP contribution in [0, 0.1) is 5.92 Å². The minimum atomic E-state index is -0.746. The molecule has 7 heteroatoms. The fourth-order valence-electron chi connectivity index (χ4n) is 5.26. The zero-order chi connectivity index (χ0) is 26.9. The summed E-state index contributed by atoms with van der Waals surface area (Å²) in [6.45, 7) is 6.87. The van der Waals surface area contributed by atoms with Crippen molar-refractivity contribution in [3.05, 3.63) is 53.6 Å². The van der Waals surface area contributed by atoms with Gasteiger partial charge in [0.25, 0.3) is 0 Å².